The smallest absolute Gasteiger partial charge is 0.311 e. The number of hydrogen-bond acceptors (Lipinski definition) is 3. The normalized spacial score (nSPS) is 11.6. The quantitative estimate of drug-likeness (QED) is 0.849. The van der Waals surface area contributed by atoms with Crippen LogP contribution < -0.4 is 5.32 Å². The van der Waals surface area contributed by atoms with E-state index in [9.17, 15) is 14.0 Å². The minimum Gasteiger partial charge on any atom is -0.452 e. The Bertz CT molecular complexity index is 720. The fraction of sp³-hybridized carbons (Fsp3) is 0.176. The maximum atomic E-state index is 13.1. The number of rotatable bonds is 5. The first-order chi connectivity index (χ1) is 11.0. The van der Waals surface area contributed by atoms with Gasteiger partial charge in [0.25, 0.3) is 5.91 Å². The third kappa shape index (κ3) is 5.07. The van der Waals surface area contributed by atoms with Crippen LogP contribution in [0.5, 0.6) is 0 Å². The Kier molecular flexibility index (Phi) is 5.71. The average molecular weight is 336 g/mol. The largest absolute Gasteiger partial charge is 0.452 e. The lowest BCUT2D eigenvalue weighted by molar-refractivity contribution is -0.152. The molecule has 2 aromatic rings. The second-order valence-corrected chi connectivity index (χ2v) is 5.32. The number of amides is 1. The van der Waals surface area contributed by atoms with E-state index in [1.807, 2.05) is 0 Å². The molecule has 0 radical (unpaired) electrons. The highest BCUT2D eigenvalue weighted by atomic mass is 35.5. The summed E-state index contributed by atoms with van der Waals surface area (Å²) in [6.07, 6.45) is -1.10. The molecule has 120 valence electrons. The number of carbonyl (C=O) groups excluding carboxylic acids is 2. The molecule has 0 aliphatic carbocycles. The molecular formula is C17H15ClFNO3. The summed E-state index contributed by atoms with van der Waals surface area (Å²) in [4.78, 5) is 23.8. The van der Waals surface area contributed by atoms with E-state index in [4.69, 9.17) is 16.3 Å². The van der Waals surface area contributed by atoms with Gasteiger partial charge in [-0.1, -0.05) is 35.9 Å². The molecule has 0 saturated heterocycles. The molecule has 0 heterocycles. The molecule has 2 aromatic carbocycles. The lowest BCUT2D eigenvalue weighted by Crippen LogP contribution is -2.30. The lowest BCUT2D eigenvalue weighted by Gasteiger charge is -2.14. The number of esters is 1. The van der Waals surface area contributed by atoms with Crippen molar-refractivity contribution in [3.63, 3.8) is 0 Å². The molecule has 0 spiro atoms. The first-order valence-electron chi connectivity index (χ1n) is 6.95. The number of nitrogens with one attached hydrogen (secondary N) is 1. The van der Waals surface area contributed by atoms with Crippen LogP contribution in [0.3, 0.4) is 0 Å². The van der Waals surface area contributed by atoms with Crippen molar-refractivity contribution < 1.29 is 18.7 Å². The van der Waals surface area contributed by atoms with Crippen molar-refractivity contribution in [2.75, 3.05) is 5.32 Å². The van der Waals surface area contributed by atoms with Gasteiger partial charge < -0.3 is 10.1 Å². The zero-order valence-corrected chi connectivity index (χ0v) is 13.1. The van der Waals surface area contributed by atoms with E-state index in [2.05, 4.69) is 5.32 Å². The highest BCUT2D eigenvalue weighted by Crippen LogP contribution is 2.20. The molecule has 1 atom stereocenters. The van der Waals surface area contributed by atoms with E-state index < -0.39 is 23.8 Å². The van der Waals surface area contributed by atoms with Crippen LogP contribution in [-0.2, 0) is 20.7 Å². The van der Waals surface area contributed by atoms with Gasteiger partial charge in [-0.15, -0.1) is 0 Å². The molecule has 4 nitrogen and oxygen atoms in total. The minimum atomic E-state index is -0.993. The van der Waals surface area contributed by atoms with Gasteiger partial charge in [-0.25, -0.2) is 4.39 Å². The van der Waals surface area contributed by atoms with Crippen LogP contribution in [-0.4, -0.2) is 18.0 Å². The summed E-state index contributed by atoms with van der Waals surface area (Å²) >= 11 is 5.94. The summed E-state index contributed by atoms with van der Waals surface area (Å²) in [5, 5.41) is 2.97. The summed E-state index contributed by atoms with van der Waals surface area (Å²) in [5.41, 5.74) is 0.918. The van der Waals surface area contributed by atoms with Gasteiger partial charge in [0.05, 0.1) is 17.1 Å². The molecule has 23 heavy (non-hydrogen) atoms. The predicted octanol–water partition coefficient (Wildman–Crippen LogP) is 3.59. The zero-order chi connectivity index (χ0) is 16.8. The SMILES string of the molecule is C[C@@H](OC(=O)Cc1cccc(F)c1)C(=O)Nc1ccccc1Cl. The van der Waals surface area contributed by atoms with Crippen LogP contribution >= 0.6 is 11.6 Å². The van der Waals surface area contributed by atoms with Crippen LogP contribution in [0.4, 0.5) is 10.1 Å². The number of carbonyl (C=O) groups is 2. The Hall–Kier alpha value is -2.40. The van der Waals surface area contributed by atoms with E-state index >= 15 is 0 Å². The molecule has 0 aliphatic heterocycles. The Balaban J connectivity index is 1.90. The van der Waals surface area contributed by atoms with Gasteiger partial charge in [0.15, 0.2) is 6.10 Å². The lowest BCUT2D eigenvalue weighted by atomic mass is 10.1. The molecule has 0 fully saturated rings. The van der Waals surface area contributed by atoms with Gasteiger partial charge in [-0.05, 0) is 36.8 Å². The van der Waals surface area contributed by atoms with Crippen molar-refractivity contribution in [2.45, 2.75) is 19.4 Å². The van der Waals surface area contributed by atoms with Gasteiger partial charge in [0.2, 0.25) is 0 Å². The van der Waals surface area contributed by atoms with Gasteiger partial charge in [0, 0.05) is 0 Å². The van der Waals surface area contributed by atoms with E-state index in [0.29, 0.717) is 16.3 Å². The highest BCUT2D eigenvalue weighted by Gasteiger charge is 2.19. The highest BCUT2D eigenvalue weighted by molar-refractivity contribution is 6.33. The van der Waals surface area contributed by atoms with Crippen LogP contribution in [0.15, 0.2) is 48.5 Å². The van der Waals surface area contributed by atoms with Gasteiger partial charge in [0.1, 0.15) is 5.82 Å². The number of anilines is 1. The number of hydrogen-bond donors (Lipinski definition) is 1. The molecule has 0 saturated carbocycles. The van der Waals surface area contributed by atoms with E-state index in [1.165, 1.54) is 25.1 Å². The molecule has 1 amide bonds. The summed E-state index contributed by atoms with van der Waals surface area (Å²) in [7, 11) is 0. The average Bonchev–Trinajstić information content (AvgIpc) is 2.49. The Morgan fingerprint density at radius 2 is 1.96 bits per heavy atom. The van der Waals surface area contributed by atoms with Crippen molar-refractivity contribution in [3.05, 3.63) is 64.9 Å². The molecule has 6 heteroatoms. The number of ether oxygens (including phenoxy) is 1. The number of halogens is 2. The predicted molar refractivity (Wildman–Crippen MR) is 85.7 cm³/mol. The Morgan fingerprint density at radius 3 is 2.65 bits per heavy atom. The van der Waals surface area contributed by atoms with Crippen LogP contribution in [0.25, 0.3) is 0 Å². The molecule has 1 N–H and O–H groups in total. The fourth-order valence-electron chi connectivity index (χ4n) is 1.90. The first-order valence-corrected chi connectivity index (χ1v) is 7.33. The second-order valence-electron chi connectivity index (χ2n) is 4.91. The molecule has 0 aliphatic rings. The maximum absolute atomic E-state index is 13.1. The third-order valence-corrected chi connectivity index (χ3v) is 3.38. The number of para-hydroxylation sites is 1. The van der Waals surface area contributed by atoms with Crippen molar-refractivity contribution >= 4 is 29.2 Å². The Labute approximate surface area is 138 Å². The Morgan fingerprint density at radius 1 is 1.22 bits per heavy atom. The van der Waals surface area contributed by atoms with E-state index in [-0.39, 0.29) is 6.42 Å². The van der Waals surface area contributed by atoms with Gasteiger partial charge >= 0.3 is 5.97 Å². The van der Waals surface area contributed by atoms with Crippen molar-refractivity contribution in [1.29, 1.82) is 0 Å². The maximum Gasteiger partial charge on any atom is 0.311 e. The summed E-state index contributed by atoms with van der Waals surface area (Å²) in [5.74, 6) is -1.54. The topological polar surface area (TPSA) is 55.4 Å². The van der Waals surface area contributed by atoms with Gasteiger partial charge in [-0.3, -0.25) is 9.59 Å². The molecule has 0 unspecified atom stereocenters. The minimum absolute atomic E-state index is 0.110. The van der Waals surface area contributed by atoms with Crippen LogP contribution in [0, 0.1) is 5.82 Å². The molecular weight excluding hydrogens is 321 g/mol. The monoisotopic (exact) mass is 335 g/mol. The summed E-state index contributed by atoms with van der Waals surface area (Å²) < 4.78 is 18.1. The van der Waals surface area contributed by atoms with Crippen LogP contribution in [0.1, 0.15) is 12.5 Å². The van der Waals surface area contributed by atoms with Crippen molar-refractivity contribution in [1.82, 2.24) is 0 Å². The molecule has 0 bridgehead atoms. The summed E-state index contributed by atoms with van der Waals surface area (Å²) in [6, 6.07) is 12.4. The number of benzene rings is 2. The third-order valence-electron chi connectivity index (χ3n) is 3.05. The molecule has 2 rings (SSSR count). The second kappa shape index (κ2) is 7.74. The van der Waals surface area contributed by atoms with Crippen LogP contribution in [0.2, 0.25) is 5.02 Å². The van der Waals surface area contributed by atoms with E-state index in [1.54, 1.807) is 30.3 Å². The zero-order valence-electron chi connectivity index (χ0n) is 12.4. The molecule has 0 aromatic heterocycles. The first kappa shape index (κ1) is 17.0. The summed E-state index contributed by atoms with van der Waals surface area (Å²) in [6.45, 7) is 1.45. The fourth-order valence-corrected chi connectivity index (χ4v) is 2.09. The standard InChI is InChI=1S/C17H15ClFNO3/c1-11(17(22)20-15-8-3-2-7-14(15)18)23-16(21)10-12-5-4-6-13(19)9-12/h2-9,11H,10H2,1H3,(H,20,22)/t11-/m1/s1. The van der Waals surface area contributed by atoms with Crippen molar-refractivity contribution in [2.24, 2.45) is 0 Å². The van der Waals surface area contributed by atoms with Gasteiger partial charge in [-0.2, -0.15) is 0 Å². The van der Waals surface area contributed by atoms with E-state index in [0.717, 1.165) is 0 Å². The van der Waals surface area contributed by atoms with Crippen molar-refractivity contribution in [3.8, 4) is 0 Å².